The van der Waals surface area contributed by atoms with Gasteiger partial charge in [-0.05, 0) is 42.7 Å². The summed E-state index contributed by atoms with van der Waals surface area (Å²) in [6, 6.07) is 9.68. The summed E-state index contributed by atoms with van der Waals surface area (Å²) in [7, 11) is 0. The fraction of sp³-hybridized carbons (Fsp3) is 0.261. The molecule has 0 aliphatic carbocycles. The van der Waals surface area contributed by atoms with Crippen LogP contribution in [0.4, 0.5) is 0 Å². The summed E-state index contributed by atoms with van der Waals surface area (Å²) in [6.07, 6.45) is 0.329. The van der Waals surface area contributed by atoms with Crippen molar-refractivity contribution in [2.45, 2.75) is 41.0 Å². The van der Waals surface area contributed by atoms with Crippen LogP contribution in [0.3, 0.4) is 0 Å². The lowest BCUT2D eigenvalue weighted by Gasteiger charge is -2.14. The van der Waals surface area contributed by atoms with Crippen LogP contribution < -0.4 is 0 Å². The molecule has 0 heterocycles. The van der Waals surface area contributed by atoms with Gasteiger partial charge in [-0.1, -0.05) is 31.2 Å². The first-order chi connectivity index (χ1) is 14.3. The van der Waals surface area contributed by atoms with Crippen molar-refractivity contribution in [1.29, 1.82) is 0 Å². The number of benzene rings is 2. The number of aryl methyl sites for hydroxylation is 1. The van der Waals surface area contributed by atoms with E-state index in [0.29, 0.717) is 17.5 Å². The molecular formula is C23H26O8. The number of carbonyl (C=O) groups excluding carboxylic acids is 2. The van der Waals surface area contributed by atoms with E-state index in [9.17, 15) is 29.4 Å². The maximum atomic E-state index is 11.4. The number of Topliss-reactive ketones (excluding diaryl/α,β-unsaturated/α-hetero) is 2. The summed E-state index contributed by atoms with van der Waals surface area (Å²) in [5, 5.41) is 26.0. The van der Waals surface area contributed by atoms with E-state index in [1.165, 1.54) is 19.1 Å². The molecule has 0 unspecified atom stereocenters. The number of carboxylic acid groups (broad SMARTS) is 3. The van der Waals surface area contributed by atoms with E-state index >= 15 is 0 Å². The van der Waals surface area contributed by atoms with Gasteiger partial charge in [0, 0.05) is 25.8 Å². The minimum Gasteiger partial charge on any atom is -0.481 e. The van der Waals surface area contributed by atoms with Crippen molar-refractivity contribution in [1.82, 2.24) is 0 Å². The topological polar surface area (TPSA) is 146 Å². The lowest BCUT2D eigenvalue weighted by Crippen LogP contribution is -2.06. The van der Waals surface area contributed by atoms with Crippen molar-refractivity contribution in [3.05, 3.63) is 58.7 Å². The number of ketones is 2. The summed E-state index contributed by atoms with van der Waals surface area (Å²) in [5.41, 5.74) is 2.81. The molecule has 0 bridgehead atoms. The van der Waals surface area contributed by atoms with Crippen LogP contribution >= 0.6 is 0 Å². The highest BCUT2D eigenvalue weighted by atomic mass is 16.4. The molecular weight excluding hydrogens is 404 g/mol. The Hall–Kier alpha value is -3.81. The van der Waals surface area contributed by atoms with Gasteiger partial charge in [-0.25, -0.2) is 9.59 Å². The Balaban J connectivity index is 0.000000681. The normalized spacial score (nSPS) is 9.32. The number of hydrogen-bond acceptors (Lipinski definition) is 5. The summed E-state index contributed by atoms with van der Waals surface area (Å²) < 4.78 is 0. The van der Waals surface area contributed by atoms with Gasteiger partial charge in [0.2, 0.25) is 0 Å². The first-order valence-electron chi connectivity index (χ1n) is 9.24. The Morgan fingerprint density at radius 3 is 1.65 bits per heavy atom. The van der Waals surface area contributed by atoms with Gasteiger partial charge in [0.15, 0.2) is 11.6 Å². The SMILES string of the molecule is CC(=O)O.CCC(=O)C(C)=O.Cc1ccc(C(=O)O)c(-c2ccccc2C(=O)O)c1C. The third kappa shape index (κ3) is 8.61. The second kappa shape index (κ2) is 12.7. The van der Waals surface area contributed by atoms with E-state index in [0.717, 1.165) is 18.1 Å². The van der Waals surface area contributed by atoms with Gasteiger partial charge in [-0.2, -0.15) is 0 Å². The summed E-state index contributed by atoms with van der Waals surface area (Å²) in [6.45, 7) is 7.71. The van der Waals surface area contributed by atoms with E-state index < -0.39 is 17.9 Å². The lowest BCUT2D eigenvalue weighted by atomic mass is 9.89. The fourth-order valence-corrected chi connectivity index (χ4v) is 2.48. The second-order valence-corrected chi connectivity index (χ2v) is 6.44. The van der Waals surface area contributed by atoms with Gasteiger partial charge in [0.05, 0.1) is 11.1 Å². The van der Waals surface area contributed by atoms with Crippen molar-refractivity contribution in [3.8, 4) is 11.1 Å². The third-order valence-electron chi connectivity index (χ3n) is 4.11. The predicted octanol–water partition coefficient (Wildman–Crippen LogP) is 4.01. The predicted molar refractivity (Wildman–Crippen MR) is 115 cm³/mol. The number of carboxylic acids is 3. The molecule has 31 heavy (non-hydrogen) atoms. The van der Waals surface area contributed by atoms with Crippen LogP contribution in [-0.2, 0) is 14.4 Å². The van der Waals surface area contributed by atoms with Gasteiger partial charge >= 0.3 is 11.9 Å². The highest BCUT2D eigenvalue weighted by molar-refractivity contribution is 6.36. The molecule has 2 aromatic rings. The monoisotopic (exact) mass is 430 g/mol. The molecule has 0 aliphatic rings. The van der Waals surface area contributed by atoms with E-state index in [4.69, 9.17) is 9.90 Å². The molecule has 0 amide bonds. The molecule has 0 aromatic heterocycles. The maximum Gasteiger partial charge on any atom is 0.336 e. The smallest absolute Gasteiger partial charge is 0.336 e. The average Bonchev–Trinajstić information content (AvgIpc) is 2.69. The van der Waals surface area contributed by atoms with Crippen molar-refractivity contribution >= 4 is 29.5 Å². The standard InChI is InChI=1S/C16H14O4.C5H8O2.C2H4O2/c1-9-7-8-13(16(19)20)14(10(9)2)11-5-3-4-6-12(11)15(17)18;1-3-5(7)4(2)6;1-2(3)4/h3-8H,1-2H3,(H,17,18)(H,19,20);3H2,1-2H3;1H3,(H,3,4). The summed E-state index contributed by atoms with van der Waals surface area (Å²) in [5.74, 6) is -3.61. The van der Waals surface area contributed by atoms with Crippen LogP contribution in [0.1, 0.15) is 59.0 Å². The maximum absolute atomic E-state index is 11.4. The average molecular weight is 430 g/mol. The Morgan fingerprint density at radius 2 is 1.26 bits per heavy atom. The molecule has 0 fully saturated rings. The number of carbonyl (C=O) groups is 5. The largest absolute Gasteiger partial charge is 0.481 e. The molecule has 0 atom stereocenters. The van der Waals surface area contributed by atoms with Crippen LogP contribution in [0.5, 0.6) is 0 Å². The van der Waals surface area contributed by atoms with E-state index in [1.807, 2.05) is 6.92 Å². The molecule has 8 heteroatoms. The van der Waals surface area contributed by atoms with Crippen LogP contribution in [0.25, 0.3) is 11.1 Å². The van der Waals surface area contributed by atoms with Crippen LogP contribution in [-0.4, -0.2) is 44.8 Å². The Labute approximate surface area is 180 Å². The van der Waals surface area contributed by atoms with Gasteiger partial charge in [-0.3, -0.25) is 14.4 Å². The minimum atomic E-state index is -1.07. The summed E-state index contributed by atoms with van der Waals surface area (Å²) >= 11 is 0. The highest BCUT2D eigenvalue weighted by Crippen LogP contribution is 2.32. The Bertz CT molecular complexity index is 985. The van der Waals surface area contributed by atoms with Gasteiger partial charge in [0.1, 0.15) is 0 Å². The van der Waals surface area contributed by atoms with E-state index in [2.05, 4.69) is 0 Å². The minimum absolute atomic E-state index is 0.101. The van der Waals surface area contributed by atoms with Crippen molar-refractivity contribution in [2.24, 2.45) is 0 Å². The van der Waals surface area contributed by atoms with Crippen molar-refractivity contribution < 1.29 is 39.3 Å². The van der Waals surface area contributed by atoms with Gasteiger partial charge in [0.25, 0.3) is 5.97 Å². The van der Waals surface area contributed by atoms with Crippen molar-refractivity contribution in [2.75, 3.05) is 0 Å². The third-order valence-corrected chi connectivity index (χ3v) is 4.11. The molecule has 0 aliphatic heterocycles. The molecule has 0 saturated carbocycles. The van der Waals surface area contributed by atoms with E-state index in [1.54, 1.807) is 38.1 Å². The second-order valence-electron chi connectivity index (χ2n) is 6.44. The van der Waals surface area contributed by atoms with Gasteiger partial charge in [-0.15, -0.1) is 0 Å². The molecule has 3 N–H and O–H groups in total. The first kappa shape index (κ1) is 27.2. The molecule has 0 saturated heterocycles. The Morgan fingerprint density at radius 1 is 0.774 bits per heavy atom. The first-order valence-corrected chi connectivity index (χ1v) is 9.24. The number of aliphatic carboxylic acids is 1. The van der Waals surface area contributed by atoms with Gasteiger partial charge < -0.3 is 15.3 Å². The quantitative estimate of drug-likeness (QED) is 0.603. The fourth-order valence-electron chi connectivity index (χ4n) is 2.48. The Kier molecular flexibility index (Phi) is 11.1. The number of aromatic carboxylic acids is 2. The molecule has 0 spiro atoms. The highest BCUT2D eigenvalue weighted by Gasteiger charge is 2.20. The molecule has 2 aromatic carbocycles. The van der Waals surface area contributed by atoms with Crippen LogP contribution in [0.2, 0.25) is 0 Å². The molecule has 2 rings (SSSR count). The molecule has 166 valence electrons. The zero-order chi connectivity index (χ0) is 24.3. The van der Waals surface area contributed by atoms with E-state index in [-0.39, 0.29) is 22.7 Å². The zero-order valence-electron chi connectivity index (χ0n) is 18.1. The zero-order valence-corrected chi connectivity index (χ0v) is 18.1. The lowest BCUT2D eigenvalue weighted by molar-refractivity contribution is -0.135. The summed E-state index contributed by atoms with van der Waals surface area (Å²) in [4.78, 5) is 51.9. The molecule has 8 nitrogen and oxygen atoms in total. The number of rotatable bonds is 5. The number of hydrogen-bond donors (Lipinski definition) is 3. The molecule has 0 radical (unpaired) electrons. The van der Waals surface area contributed by atoms with Crippen molar-refractivity contribution in [3.63, 3.8) is 0 Å². The van der Waals surface area contributed by atoms with Crippen LogP contribution in [0.15, 0.2) is 36.4 Å². The van der Waals surface area contributed by atoms with Crippen LogP contribution in [0, 0.1) is 13.8 Å².